The Morgan fingerprint density at radius 3 is 2.71 bits per heavy atom. The number of halogens is 2. The van der Waals surface area contributed by atoms with Crippen LogP contribution in [0.5, 0.6) is 0 Å². The molecule has 1 unspecified atom stereocenters. The lowest BCUT2D eigenvalue weighted by Crippen LogP contribution is -2.54. The molecule has 1 amide bonds. The second-order valence-corrected chi connectivity index (χ2v) is 10.1. The summed E-state index contributed by atoms with van der Waals surface area (Å²) in [5.41, 5.74) is 0.259. The Morgan fingerprint density at radius 2 is 2.03 bits per heavy atom. The Labute approximate surface area is 199 Å². The zero-order chi connectivity index (χ0) is 22.3. The van der Waals surface area contributed by atoms with Gasteiger partial charge in [-0.05, 0) is 56.4 Å². The van der Waals surface area contributed by atoms with Gasteiger partial charge < -0.3 is 14.5 Å². The average molecular weight is 555 g/mol. The molecule has 8 nitrogen and oxygen atoms in total. The second kappa shape index (κ2) is 8.42. The lowest BCUT2D eigenvalue weighted by atomic mass is 10.1. The Morgan fingerprint density at radius 1 is 1.26 bits per heavy atom. The van der Waals surface area contributed by atoms with Gasteiger partial charge in [0.15, 0.2) is 5.65 Å². The Balaban J connectivity index is 1.64. The van der Waals surface area contributed by atoms with Crippen molar-refractivity contribution in [2.75, 3.05) is 24.5 Å². The van der Waals surface area contributed by atoms with Crippen LogP contribution in [0.1, 0.15) is 27.7 Å². The van der Waals surface area contributed by atoms with Gasteiger partial charge in [0.2, 0.25) is 0 Å². The summed E-state index contributed by atoms with van der Waals surface area (Å²) in [6.07, 6.45) is 4.96. The largest absolute Gasteiger partial charge is 0.444 e. The Kier molecular flexibility index (Phi) is 5.99. The van der Waals surface area contributed by atoms with Crippen LogP contribution >= 0.6 is 34.2 Å². The van der Waals surface area contributed by atoms with Crippen molar-refractivity contribution in [3.05, 3.63) is 39.4 Å². The zero-order valence-corrected chi connectivity index (χ0v) is 20.8. The van der Waals surface area contributed by atoms with E-state index >= 15 is 0 Å². The highest BCUT2D eigenvalue weighted by atomic mass is 127. The van der Waals surface area contributed by atoms with E-state index in [1.807, 2.05) is 31.5 Å². The standard InChI is InChI=1S/C21H24ClIN6O2/c1-13-10-27(20(30)31-21(2,3)4)7-8-28(13)18-17-15(23)11-29(19(17)26-12-25-18)16-9-14(22)5-6-24-16/h5-6,9,11-13H,7-8,10H2,1-4H3. The second-order valence-electron chi connectivity index (χ2n) is 8.54. The summed E-state index contributed by atoms with van der Waals surface area (Å²) >= 11 is 8.47. The molecular formula is C21H24ClIN6O2. The number of fused-ring (bicyclic) bond motifs is 1. The van der Waals surface area contributed by atoms with Gasteiger partial charge in [0, 0.05) is 52.7 Å². The van der Waals surface area contributed by atoms with Crippen LogP contribution in [0.25, 0.3) is 16.9 Å². The first kappa shape index (κ1) is 22.1. The van der Waals surface area contributed by atoms with E-state index in [0.29, 0.717) is 30.5 Å². The highest BCUT2D eigenvalue weighted by Gasteiger charge is 2.32. The van der Waals surface area contributed by atoms with Gasteiger partial charge in [-0.2, -0.15) is 0 Å². The molecule has 1 fully saturated rings. The quantitative estimate of drug-likeness (QED) is 0.434. The van der Waals surface area contributed by atoms with E-state index in [1.165, 1.54) is 0 Å². The molecule has 164 valence electrons. The molecule has 1 aliphatic rings. The maximum atomic E-state index is 12.5. The molecule has 31 heavy (non-hydrogen) atoms. The zero-order valence-electron chi connectivity index (χ0n) is 17.8. The van der Waals surface area contributed by atoms with Crippen LogP contribution in [0.4, 0.5) is 10.6 Å². The molecular weight excluding hydrogens is 531 g/mol. The Bertz CT molecular complexity index is 1130. The van der Waals surface area contributed by atoms with Gasteiger partial charge in [-0.15, -0.1) is 0 Å². The van der Waals surface area contributed by atoms with Crippen LogP contribution in [0.2, 0.25) is 5.02 Å². The van der Waals surface area contributed by atoms with Gasteiger partial charge >= 0.3 is 6.09 Å². The van der Waals surface area contributed by atoms with Crippen molar-refractivity contribution in [3.8, 4) is 5.82 Å². The third kappa shape index (κ3) is 4.57. The normalized spacial score (nSPS) is 17.3. The molecule has 0 aromatic carbocycles. The fourth-order valence-electron chi connectivity index (χ4n) is 3.68. The number of pyridine rings is 1. The molecule has 4 rings (SSSR count). The van der Waals surface area contributed by atoms with Crippen molar-refractivity contribution in [1.29, 1.82) is 0 Å². The number of amides is 1. The monoisotopic (exact) mass is 554 g/mol. The smallest absolute Gasteiger partial charge is 0.410 e. The molecule has 3 aromatic rings. The minimum atomic E-state index is -0.510. The molecule has 0 radical (unpaired) electrons. The van der Waals surface area contributed by atoms with E-state index in [-0.39, 0.29) is 12.1 Å². The predicted molar refractivity (Wildman–Crippen MR) is 129 cm³/mol. The summed E-state index contributed by atoms with van der Waals surface area (Å²) in [5, 5.41) is 1.57. The van der Waals surface area contributed by atoms with Crippen molar-refractivity contribution in [2.45, 2.75) is 39.3 Å². The van der Waals surface area contributed by atoms with Crippen molar-refractivity contribution < 1.29 is 9.53 Å². The first-order chi connectivity index (χ1) is 14.6. The number of carbonyl (C=O) groups is 1. The van der Waals surface area contributed by atoms with Crippen LogP contribution in [-0.4, -0.2) is 61.8 Å². The number of anilines is 1. The van der Waals surface area contributed by atoms with E-state index in [4.69, 9.17) is 16.3 Å². The fraction of sp³-hybridized carbons (Fsp3) is 0.429. The minimum Gasteiger partial charge on any atom is -0.444 e. The van der Waals surface area contributed by atoms with Crippen LogP contribution in [0, 0.1) is 3.57 Å². The third-order valence-electron chi connectivity index (χ3n) is 5.02. The van der Waals surface area contributed by atoms with E-state index in [2.05, 4.69) is 49.4 Å². The summed E-state index contributed by atoms with van der Waals surface area (Å²) in [6.45, 7) is 9.51. The highest BCUT2D eigenvalue weighted by molar-refractivity contribution is 14.1. The molecule has 3 aromatic heterocycles. The lowest BCUT2D eigenvalue weighted by Gasteiger charge is -2.41. The molecule has 1 atom stereocenters. The summed E-state index contributed by atoms with van der Waals surface area (Å²) in [5.74, 6) is 1.55. The molecule has 1 saturated heterocycles. The van der Waals surface area contributed by atoms with Crippen molar-refractivity contribution >= 4 is 57.1 Å². The first-order valence-corrected chi connectivity index (χ1v) is 11.5. The number of ether oxygens (including phenoxy) is 1. The molecule has 0 saturated carbocycles. The van der Waals surface area contributed by atoms with Crippen LogP contribution in [0.15, 0.2) is 30.9 Å². The topological polar surface area (TPSA) is 76.4 Å². The maximum absolute atomic E-state index is 12.5. The van der Waals surface area contributed by atoms with E-state index in [0.717, 1.165) is 20.4 Å². The van der Waals surface area contributed by atoms with E-state index in [1.54, 1.807) is 29.6 Å². The van der Waals surface area contributed by atoms with Crippen molar-refractivity contribution in [3.63, 3.8) is 0 Å². The van der Waals surface area contributed by atoms with Gasteiger partial charge in [-0.25, -0.2) is 19.7 Å². The number of nitrogens with zero attached hydrogens (tertiary/aromatic N) is 6. The van der Waals surface area contributed by atoms with Crippen LogP contribution < -0.4 is 4.90 Å². The average Bonchev–Trinajstić information content (AvgIpc) is 3.04. The molecule has 0 bridgehead atoms. The summed E-state index contributed by atoms with van der Waals surface area (Å²) in [7, 11) is 0. The SMILES string of the molecule is CC1CN(C(=O)OC(C)(C)C)CCN1c1ncnc2c1c(I)cn2-c1cc(Cl)ccn1. The maximum Gasteiger partial charge on any atom is 0.410 e. The fourth-order valence-corrected chi connectivity index (χ4v) is 4.60. The molecule has 4 heterocycles. The number of carbonyl (C=O) groups excluding carboxylic acids is 1. The van der Waals surface area contributed by atoms with Gasteiger partial charge in [-0.3, -0.25) is 4.57 Å². The molecule has 0 spiro atoms. The highest BCUT2D eigenvalue weighted by Crippen LogP contribution is 2.33. The van der Waals surface area contributed by atoms with E-state index in [9.17, 15) is 4.79 Å². The van der Waals surface area contributed by atoms with E-state index < -0.39 is 5.60 Å². The van der Waals surface area contributed by atoms with Crippen molar-refractivity contribution in [2.24, 2.45) is 0 Å². The summed E-state index contributed by atoms with van der Waals surface area (Å²) < 4.78 is 8.48. The molecule has 10 heteroatoms. The first-order valence-electron chi connectivity index (χ1n) is 10.0. The van der Waals surface area contributed by atoms with Gasteiger partial charge in [0.25, 0.3) is 0 Å². The number of rotatable bonds is 2. The minimum absolute atomic E-state index is 0.0720. The number of piperazine rings is 1. The number of aromatic nitrogens is 4. The van der Waals surface area contributed by atoms with Gasteiger partial charge in [-0.1, -0.05) is 11.6 Å². The third-order valence-corrected chi connectivity index (χ3v) is 6.08. The van der Waals surface area contributed by atoms with Gasteiger partial charge in [0.1, 0.15) is 23.6 Å². The summed E-state index contributed by atoms with van der Waals surface area (Å²) in [4.78, 5) is 30.0. The number of hydrogen-bond donors (Lipinski definition) is 0. The molecule has 0 N–H and O–H groups in total. The number of hydrogen-bond acceptors (Lipinski definition) is 6. The Hall–Kier alpha value is -2.14. The molecule has 0 aliphatic carbocycles. The lowest BCUT2D eigenvalue weighted by molar-refractivity contribution is 0.0218. The van der Waals surface area contributed by atoms with Crippen LogP contribution in [0.3, 0.4) is 0 Å². The van der Waals surface area contributed by atoms with Crippen LogP contribution in [-0.2, 0) is 4.74 Å². The molecule has 1 aliphatic heterocycles. The van der Waals surface area contributed by atoms with Crippen molar-refractivity contribution in [1.82, 2.24) is 24.4 Å². The van der Waals surface area contributed by atoms with Gasteiger partial charge in [0.05, 0.1) is 5.39 Å². The predicted octanol–water partition coefficient (Wildman–Crippen LogP) is 4.52. The summed E-state index contributed by atoms with van der Waals surface area (Å²) in [6, 6.07) is 3.62.